The van der Waals surface area contributed by atoms with Crippen LogP contribution in [0.4, 0.5) is 0 Å². The first kappa shape index (κ1) is 20.2. The quantitative estimate of drug-likeness (QED) is 0.331. The highest BCUT2D eigenvalue weighted by Crippen LogP contribution is 2.53. The van der Waals surface area contributed by atoms with Crippen molar-refractivity contribution in [3.05, 3.63) is 59.7 Å². The molecule has 0 aliphatic heterocycles. The zero-order valence-electron chi connectivity index (χ0n) is 17.6. The third-order valence-corrected chi connectivity index (χ3v) is 6.59. The average Bonchev–Trinajstić information content (AvgIpc) is 2.99. The lowest BCUT2D eigenvalue weighted by molar-refractivity contribution is 0.399. The molecule has 0 heterocycles. The number of benzene rings is 2. The van der Waals surface area contributed by atoms with Crippen LogP contribution in [-0.4, -0.2) is 0 Å². The molecule has 0 spiro atoms. The van der Waals surface area contributed by atoms with E-state index in [0.29, 0.717) is 0 Å². The van der Waals surface area contributed by atoms with Crippen molar-refractivity contribution >= 4 is 0 Å². The van der Waals surface area contributed by atoms with Gasteiger partial charge in [0.25, 0.3) is 0 Å². The summed E-state index contributed by atoms with van der Waals surface area (Å²) >= 11 is 0. The Balaban J connectivity index is 1.84. The molecule has 0 bridgehead atoms. The summed E-state index contributed by atoms with van der Waals surface area (Å²) in [5.74, 6) is 0. The van der Waals surface area contributed by atoms with E-state index in [9.17, 15) is 0 Å². The van der Waals surface area contributed by atoms with E-state index in [1.54, 1.807) is 11.1 Å². The Hall–Kier alpha value is -1.56. The lowest BCUT2D eigenvalue weighted by Crippen LogP contribution is -2.25. The summed E-state index contributed by atoms with van der Waals surface area (Å²) in [6.45, 7) is 4.61. The van der Waals surface area contributed by atoms with Gasteiger partial charge < -0.3 is 0 Å². The molecule has 27 heavy (non-hydrogen) atoms. The molecule has 0 N–H and O–H groups in total. The molecule has 1 aliphatic rings. The average molecular weight is 363 g/mol. The normalized spacial score (nSPS) is 14.1. The van der Waals surface area contributed by atoms with Crippen molar-refractivity contribution < 1.29 is 0 Å². The second-order valence-electron chi connectivity index (χ2n) is 8.50. The standard InChI is InChI=1S/C27H38/c1-3-5-7-9-15-21-27(22-16-10-8-6-4-2)25-19-13-11-17-23(25)24-18-12-14-20-26(24)27/h11-14,17-20H,3-10,15-16,21-22H2,1-2H3. The molecule has 0 amide bonds. The molecular weight excluding hydrogens is 324 g/mol. The van der Waals surface area contributed by atoms with E-state index in [4.69, 9.17) is 0 Å². The number of rotatable bonds is 12. The van der Waals surface area contributed by atoms with Crippen LogP contribution in [0.1, 0.15) is 102 Å². The van der Waals surface area contributed by atoms with E-state index in [2.05, 4.69) is 62.4 Å². The Morgan fingerprint density at radius 1 is 0.519 bits per heavy atom. The van der Waals surface area contributed by atoms with Gasteiger partial charge in [-0.15, -0.1) is 0 Å². The zero-order chi connectivity index (χ0) is 19.0. The summed E-state index contributed by atoms with van der Waals surface area (Å²) in [5.41, 5.74) is 6.46. The second kappa shape index (κ2) is 10.1. The molecule has 0 heteroatoms. The minimum Gasteiger partial charge on any atom is -0.0654 e. The van der Waals surface area contributed by atoms with Gasteiger partial charge in [0, 0.05) is 5.41 Å². The number of fused-ring (bicyclic) bond motifs is 3. The van der Waals surface area contributed by atoms with Crippen molar-refractivity contribution in [3.8, 4) is 11.1 Å². The van der Waals surface area contributed by atoms with Gasteiger partial charge in [-0.25, -0.2) is 0 Å². The van der Waals surface area contributed by atoms with Crippen LogP contribution < -0.4 is 0 Å². The topological polar surface area (TPSA) is 0 Å². The van der Waals surface area contributed by atoms with Crippen LogP contribution in [0.3, 0.4) is 0 Å². The largest absolute Gasteiger partial charge is 0.0654 e. The maximum Gasteiger partial charge on any atom is 0.0215 e. The molecule has 0 fully saturated rings. The molecule has 0 unspecified atom stereocenters. The maximum absolute atomic E-state index is 2.42. The van der Waals surface area contributed by atoms with Crippen molar-refractivity contribution in [2.24, 2.45) is 0 Å². The SMILES string of the molecule is CCCCCCCC1(CCCCCCC)c2ccccc2-c2ccccc21. The molecule has 3 rings (SSSR count). The first-order valence-corrected chi connectivity index (χ1v) is 11.5. The van der Waals surface area contributed by atoms with Gasteiger partial charge in [0.15, 0.2) is 0 Å². The third-order valence-electron chi connectivity index (χ3n) is 6.59. The molecule has 1 aliphatic carbocycles. The summed E-state index contributed by atoms with van der Waals surface area (Å²) in [4.78, 5) is 0. The van der Waals surface area contributed by atoms with Crippen molar-refractivity contribution in [1.29, 1.82) is 0 Å². The predicted molar refractivity (Wildman–Crippen MR) is 119 cm³/mol. The van der Waals surface area contributed by atoms with E-state index in [1.807, 2.05) is 0 Å². The van der Waals surface area contributed by atoms with Gasteiger partial charge in [0.2, 0.25) is 0 Å². The highest BCUT2D eigenvalue weighted by molar-refractivity contribution is 5.80. The number of unbranched alkanes of at least 4 members (excludes halogenated alkanes) is 8. The third kappa shape index (κ3) is 4.48. The molecule has 0 atom stereocenters. The number of hydrogen-bond acceptors (Lipinski definition) is 0. The van der Waals surface area contributed by atoms with Crippen LogP contribution >= 0.6 is 0 Å². The molecule has 2 aromatic carbocycles. The molecule has 146 valence electrons. The molecule has 2 aromatic rings. The zero-order valence-corrected chi connectivity index (χ0v) is 17.6. The van der Waals surface area contributed by atoms with Crippen molar-refractivity contribution in [1.82, 2.24) is 0 Å². The van der Waals surface area contributed by atoms with Crippen molar-refractivity contribution in [2.45, 2.75) is 96.3 Å². The van der Waals surface area contributed by atoms with Gasteiger partial charge >= 0.3 is 0 Å². The minimum absolute atomic E-state index is 0.256. The Labute approximate surface area is 167 Å². The Kier molecular flexibility index (Phi) is 7.56. The van der Waals surface area contributed by atoms with Crippen LogP contribution in [0.5, 0.6) is 0 Å². The first-order chi connectivity index (χ1) is 13.3. The minimum atomic E-state index is 0.256. The van der Waals surface area contributed by atoms with E-state index >= 15 is 0 Å². The highest BCUT2D eigenvalue weighted by Gasteiger charge is 2.41. The van der Waals surface area contributed by atoms with E-state index in [1.165, 1.54) is 88.2 Å². The fraction of sp³-hybridized carbons (Fsp3) is 0.556. The summed E-state index contributed by atoms with van der Waals surface area (Å²) in [5, 5.41) is 0. The lowest BCUT2D eigenvalue weighted by atomic mass is 9.70. The number of hydrogen-bond donors (Lipinski definition) is 0. The molecule has 0 radical (unpaired) electrons. The van der Waals surface area contributed by atoms with Gasteiger partial charge in [-0.1, -0.05) is 127 Å². The van der Waals surface area contributed by atoms with Crippen LogP contribution in [0.25, 0.3) is 11.1 Å². The van der Waals surface area contributed by atoms with Crippen LogP contribution in [0.2, 0.25) is 0 Å². The van der Waals surface area contributed by atoms with Crippen molar-refractivity contribution in [3.63, 3.8) is 0 Å². The fourth-order valence-electron chi connectivity index (χ4n) is 5.14. The second-order valence-corrected chi connectivity index (χ2v) is 8.50. The fourth-order valence-corrected chi connectivity index (χ4v) is 5.14. The molecule has 0 saturated heterocycles. The van der Waals surface area contributed by atoms with Gasteiger partial charge in [0.1, 0.15) is 0 Å². The van der Waals surface area contributed by atoms with Gasteiger partial charge in [-0.05, 0) is 35.1 Å². The summed E-state index contributed by atoms with van der Waals surface area (Å²) in [7, 11) is 0. The maximum atomic E-state index is 2.42. The molecular formula is C27H38. The monoisotopic (exact) mass is 362 g/mol. The summed E-state index contributed by atoms with van der Waals surface area (Å²) < 4.78 is 0. The van der Waals surface area contributed by atoms with Gasteiger partial charge in [0.05, 0.1) is 0 Å². The van der Waals surface area contributed by atoms with Gasteiger partial charge in [-0.2, -0.15) is 0 Å². The van der Waals surface area contributed by atoms with E-state index < -0.39 is 0 Å². The van der Waals surface area contributed by atoms with Crippen LogP contribution in [0.15, 0.2) is 48.5 Å². The van der Waals surface area contributed by atoms with Gasteiger partial charge in [-0.3, -0.25) is 0 Å². The Morgan fingerprint density at radius 2 is 0.926 bits per heavy atom. The van der Waals surface area contributed by atoms with E-state index in [0.717, 1.165) is 0 Å². The highest BCUT2D eigenvalue weighted by atomic mass is 14.4. The molecule has 0 aromatic heterocycles. The van der Waals surface area contributed by atoms with Crippen LogP contribution in [-0.2, 0) is 5.41 Å². The predicted octanol–water partition coefficient (Wildman–Crippen LogP) is 8.67. The smallest absolute Gasteiger partial charge is 0.0215 e. The van der Waals surface area contributed by atoms with Crippen molar-refractivity contribution in [2.75, 3.05) is 0 Å². The molecule has 0 nitrogen and oxygen atoms in total. The first-order valence-electron chi connectivity index (χ1n) is 11.5. The Bertz CT molecular complexity index is 635. The van der Waals surface area contributed by atoms with Crippen LogP contribution in [0, 0.1) is 0 Å². The summed E-state index contributed by atoms with van der Waals surface area (Å²) in [6.07, 6.45) is 16.3. The lowest BCUT2D eigenvalue weighted by Gasteiger charge is -2.33. The molecule has 0 saturated carbocycles. The summed E-state index contributed by atoms with van der Waals surface area (Å²) in [6, 6.07) is 18.5. The van der Waals surface area contributed by atoms with E-state index in [-0.39, 0.29) is 5.41 Å². The Morgan fingerprint density at radius 3 is 1.37 bits per heavy atom.